The molecule has 6 rings (SSSR count). The first kappa shape index (κ1) is 22.1. The number of piperidine rings is 1. The average Bonchev–Trinajstić information content (AvgIpc) is 3.53. The van der Waals surface area contributed by atoms with Gasteiger partial charge >= 0.3 is 0 Å². The van der Waals surface area contributed by atoms with Crippen molar-refractivity contribution in [2.75, 3.05) is 20.2 Å². The van der Waals surface area contributed by atoms with Gasteiger partial charge in [-0.2, -0.15) is 0 Å². The second-order valence-electron chi connectivity index (χ2n) is 9.95. The van der Waals surface area contributed by atoms with Crippen LogP contribution in [0.3, 0.4) is 0 Å². The van der Waals surface area contributed by atoms with Gasteiger partial charge in [-0.1, -0.05) is 18.2 Å². The Morgan fingerprint density at radius 3 is 2.74 bits per heavy atom. The van der Waals surface area contributed by atoms with Gasteiger partial charge in [0, 0.05) is 49.2 Å². The predicted octanol–water partition coefficient (Wildman–Crippen LogP) is 3.15. The van der Waals surface area contributed by atoms with Crippen molar-refractivity contribution in [2.45, 2.75) is 38.0 Å². The molecule has 1 amide bonds. The molecule has 2 fully saturated rings. The minimum atomic E-state index is -0.572. The number of carbonyl (C=O) groups is 1. The largest absolute Gasteiger partial charge is 0.494 e. The van der Waals surface area contributed by atoms with Gasteiger partial charge in [-0.25, -0.2) is 4.98 Å². The van der Waals surface area contributed by atoms with Gasteiger partial charge in [-0.3, -0.25) is 4.79 Å². The van der Waals surface area contributed by atoms with Crippen molar-refractivity contribution in [3.05, 3.63) is 48.0 Å². The summed E-state index contributed by atoms with van der Waals surface area (Å²) in [7, 11) is 3.62. The number of aromatic nitrogens is 3. The van der Waals surface area contributed by atoms with Gasteiger partial charge in [-0.05, 0) is 49.4 Å². The summed E-state index contributed by atoms with van der Waals surface area (Å²) in [4.78, 5) is 20.0. The average molecular weight is 474 g/mol. The molecule has 182 valence electrons. The Balaban J connectivity index is 1.45. The van der Waals surface area contributed by atoms with Crippen LogP contribution in [-0.4, -0.2) is 62.4 Å². The maximum Gasteiger partial charge on any atom is 0.254 e. The monoisotopic (exact) mass is 473 g/mol. The van der Waals surface area contributed by atoms with Crippen LogP contribution in [-0.2, 0) is 13.6 Å². The molecule has 3 heterocycles. The van der Waals surface area contributed by atoms with E-state index >= 15 is 0 Å². The molecule has 0 unspecified atom stereocenters. The number of aliphatic hydroxyl groups excluding tert-OH is 1. The molecule has 3 N–H and O–H groups in total. The number of aliphatic hydroxyl groups is 1. The standard InChI is InChI=1S/C27H31N5O3/c1-30-25-20(11-18(13-24(25)35-2)27(34)31-10-9-23(33)19(28)15-31)29-26(30)22-12-17-5-3-4-6-21(17)32(22)14-16-7-8-16/h3-6,11-13,16,19,23,33H,7-10,14-15,28H2,1-2H3/t19-,23+/m0/s1. The number of nitrogens with two attached hydrogens (primary N) is 1. The highest BCUT2D eigenvalue weighted by atomic mass is 16.5. The SMILES string of the molecule is COc1cc(C(=O)N2CC[C@@H](O)[C@@H](N)C2)cc2nc(-c3cc4ccccc4n3CC3CC3)n(C)c12. The van der Waals surface area contributed by atoms with Crippen LogP contribution in [0.5, 0.6) is 5.75 Å². The zero-order valence-corrected chi connectivity index (χ0v) is 20.1. The van der Waals surface area contributed by atoms with E-state index in [1.807, 2.05) is 13.1 Å². The van der Waals surface area contributed by atoms with Gasteiger partial charge < -0.3 is 29.6 Å². The summed E-state index contributed by atoms with van der Waals surface area (Å²) >= 11 is 0. The first-order valence-corrected chi connectivity index (χ1v) is 12.3. The van der Waals surface area contributed by atoms with Crippen LogP contribution in [0.15, 0.2) is 42.5 Å². The molecule has 2 aliphatic rings. The number of likely N-dealkylation sites (tertiary alicyclic amines) is 1. The molecule has 35 heavy (non-hydrogen) atoms. The highest BCUT2D eigenvalue weighted by molar-refractivity contribution is 6.00. The van der Waals surface area contributed by atoms with E-state index in [1.54, 1.807) is 18.1 Å². The van der Waals surface area contributed by atoms with Crippen LogP contribution in [0.2, 0.25) is 0 Å². The molecule has 1 saturated carbocycles. The predicted molar refractivity (Wildman–Crippen MR) is 135 cm³/mol. The van der Waals surface area contributed by atoms with Gasteiger partial charge in [0.25, 0.3) is 5.91 Å². The fourth-order valence-electron chi connectivity index (χ4n) is 5.31. The second-order valence-corrected chi connectivity index (χ2v) is 9.95. The number of para-hydroxylation sites is 1. The van der Waals surface area contributed by atoms with E-state index in [1.165, 1.54) is 23.7 Å². The summed E-state index contributed by atoms with van der Waals surface area (Å²) < 4.78 is 10.2. The van der Waals surface area contributed by atoms with Gasteiger partial charge in [0.05, 0.1) is 24.4 Å². The highest BCUT2D eigenvalue weighted by Gasteiger charge is 2.30. The van der Waals surface area contributed by atoms with Gasteiger partial charge in [0.2, 0.25) is 0 Å². The molecule has 8 nitrogen and oxygen atoms in total. The minimum Gasteiger partial charge on any atom is -0.494 e. The lowest BCUT2D eigenvalue weighted by molar-refractivity contribution is 0.0459. The first-order valence-electron chi connectivity index (χ1n) is 12.3. The lowest BCUT2D eigenvalue weighted by Gasteiger charge is -2.34. The molecule has 2 aromatic heterocycles. The number of imidazole rings is 1. The number of nitrogens with zero attached hydrogens (tertiary/aromatic N) is 4. The first-order chi connectivity index (χ1) is 16.9. The smallest absolute Gasteiger partial charge is 0.254 e. The van der Waals surface area contributed by atoms with E-state index < -0.39 is 12.1 Å². The van der Waals surface area contributed by atoms with E-state index in [0.717, 1.165) is 29.1 Å². The zero-order valence-electron chi connectivity index (χ0n) is 20.1. The number of ether oxygens (including phenoxy) is 1. The molecule has 2 atom stereocenters. The Morgan fingerprint density at radius 1 is 1.20 bits per heavy atom. The van der Waals surface area contributed by atoms with Crippen LogP contribution in [0.25, 0.3) is 33.5 Å². The normalized spacial score (nSPS) is 20.6. The number of hydrogen-bond acceptors (Lipinski definition) is 5. The van der Waals surface area contributed by atoms with Crippen molar-refractivity contribution in [3.63, 3.8) is 0 Å². The fraction of sp³-hybridized carbons (Fsp3) is 0.407. The van der Waals surface area contributed by atoms with E-state index in [9.17, 15) is 9.90 Å². The van der Waals surface area contributed by atoms with E-state index in [4.69, 9.17) is 15.5 Å². The Morgan fingerprint density at radius 2 is 2.00 bits per heavy atom. The Labute approximate surface area is 203 Å². The lowest BCUT2D eigenvalue weighted by atomic mass is 10.0. The number of benzene rings is 2. The molecule has 0 radical (unpaired) electrons. The maximum atomic E-state index is 13.3. The third kappa shape index (κ3) is 3.77. The van der Waals surface area contributed by atoms with Crippen molar-refractivity contribution in [2.24, 2.45) is 18.7 Å². The Bertz CT molecular complexity index is 1430. The number of hydrogen-bond donors (Lipinski definition) is 2. The van der Waals surface area contributed by atoms with E-state index in [2.05, 4.69) is 39.5 Å². The van der Waals surface area contributed by atoms with E-state index in [-0.39, 0.29) is 5.91 Å². The van der Waals surface area contributed by atoms with Gasteiger partial charge in [-0.15, -0.1) is 0 Å². The fourth-order valence-corrected chi connectivity index (χ4v) is 5.31. The molecule has 1 saturated heterocycles. The number of carbonyl (C=O) groups excluding carboxylic acids is 1. The number of methoxy groups -OCH3 is 1. The topological polar surface area (TPSA) is 98.5 Å². The van der Waals surface area contributed by atoms with Gasteiger partial charge in [0.15, 0.2) is 5.82 Å². The summed E-state index contributed by atoms with van der Waals surface area (Å²) in [6.45, 7) is 1.78. The zero-order chi connectivity index (χ0) is 24.3. The number of aryl methyl sites for hydroxylation is 1. The molecular formula is C27H31N5O3. The summed E-state index contributed by atoms with van der Waals surface area (Å²) in [5, 5.41) is 11.1. The summed E-state index contributed by atoms with van der Waals surface area (Å²) in [5.41, 5.74) is 10.4. The molecular weight excluding hydrogens is 442 g/mol. The third-order valence-electron chi connectivity index (χ3n) is 7.49. The molecule has 1 aliphatic heterocycles. The van der Waals surface area contributed by atoms with Crippen LogP contribution in [0.1, 0.15) is 29.6 Å². The Hall–Kier alpha value is -3.36. The molecule has 0 bridgehead atoms. The molecule has 2 aromatic carbocycles. The summed E-state index contributed by atoms with van der Waals surface area (Å²) in [6, 6.07) is 13.8. The maximum absolute atomic E-state index is 13.3. The van der Waals surface area contributed by atoms with Crippen molar-refractivity contribution < 1.29 is 14.6 Å². The van der Waals surface area contributed by atoms with Crippen molar-refractivity contribution in [1.82, 2.24) is 19.0 Å². The van der Waals surface area contributed by atoms with Crippen LogP contribution < -0.4 is 10.5 Å². The second kappa shape index (κ2) is 8.39. The molecule has 0 spiro atoms. The quantitative estimate of drug-likeness (QED) is 0.464. The Kier molecular flexibility index (Phi) is 5.30. The third-order valence-corrected chi connectivity index (χ3v) is 7.49. The van der Waals surface area contributed by atoms with Crippen LogP contribution in [0.4, 0.5) is 0 Å². The number of amides is 1. The van der Waals surface area contributed by atoms with Crippen LogP contribution in [0, 0.1) is 5.92 Å². The molecule has 8 heteroatoms. The summed E-state index contributed by atoms with van der Waals surface area (Å²) in [5.74, 6) is 2.05. The minimum absolute atomic E-state index is 0.123. The number of rotatable bonds is 5. The molecule has 1 aliphatic carbocycles. The van der Waals surface area contributed by atoms with Gasteiger partial charge in [0.1, 0.15) is 11.3 Å². The van der Waals surface area contributed by atoms with Crippen molar-refractivity contribution >= 4 is 27.8 Å². The van der Waals surface area contributed by atoms with E-state index in [0.29, 0.717) is 36.7 Å². The summed E-state index contributed by atoms with van der Waals surface area (Å²) in [6.07, 6.45) is 2.44. The van der Waals surface area contributed by atoms with Crippen LogP contribution >= 0.6 is 0 Å². The van der Waals surface area contributed by atoms with Crippen molar-refractivity contribution in [1.29, 1.82) is 0 Å². The van der Waals surface area contributed by atoms with Crippen molar-refractivity contribution in [3.8, 4) is 17.3 Å². The highest BCUT2D eigenvalue weighted by Crippen LogP contribution is 2.38. The number of fused-ring (bicyclic) bond motifs is 2. The lowest BCUT2D eigenvalue weighted by Crippen LogP contribution is -2.53. The molecule has 4 aromatic rings.